The van der Waals surface area contributed by atoms with Crippen LogP contribution in [0.15, 0.2) is 0 Å². The van der Waals surface area contributed by atoms with Gasteiger partial charge in [0, 0.05) is 0 Å². The van der Waals surface area contributed by atoms with Crippen LogP contribution in [0, 0.1) is 5.92 Å². The first kappa shape index (κ1) is 21.4. The van der Waals surface area contributed by atoms with Crippen molar-refractivity contribution < 1.29 is 9.46 Å². The summed E-state index contributed by atoms with van der Waals surface area (Å²) in [5, 5.41) is 0. The van der Waals surface area contributed by atoms with Crippen LogP contribution in [0.1, 0.15) is 97.8 Å². The third kappa shape index (κ3) is 27.3. The highest BCUT2D eigenvalue weighted by Crippen LogP contribution is 2.13. The SMILES string of the molecule is CCCCCCCCCCCCCC(C)C.O=PO. The van der Waals surface area contributed by atoms with E-state index in [2.05, 4.69) is 20.8 Å². The minimum atomic E-state index is -0.833. The van der Waals surface area contributed by atoms with Crippen LogP contribution in [-0.2, 0) is 4.57 Å². The fourth-order valence-electron chi connectivity index (χ4n) is 2.22. The molecule has 116 valence electrons. The Morgan fingerprint density at radius 3 is 1.42 bits per heavy atom. The van der Waals surface area contributed by atoms with E-state index in [1.807, 2.05) is 0 Å². The molecule has 0 aromatic heterocycles. The maximum atomic E-state index is 8.46. The Labute approximate surface area is 122 Å². The van der Waals surface area contributed by atoms with Crippen molar-refractivity contribution in [2.75, 3.05) is 0 Å². The van der Waals surface area contributed by atoms with Crippen LogP contribution >= 0.6 is 8.69 Å². The van der Waals surface area contributed by atoms with E-state index in [1.165, 1.54) is 77.0 Å². The van der Waals surface area contributed by atoms with Crippen molar-refractivity contribution in [3.05, 3.63) is 0 Å². The van der Waals surface area contributed by atoms with Crippen LogP contribution in [0.5, 0.6) is 0 Å². The topological polar surface area (TPSA) is 37.3 Å². The zero-order chi connectivity index (χ0) is 14.8. The number of unbranched alkanes of at least 4 members (excludes halogenated alkanes) is 10. The highest BCUT2D eigenvalue weighted by atomic mass is 31.1. The summed E-state index contributed by atoms with van der Waals surface area (Å²) < 4.78 is 8.46. The predicted molar refractivity (Wildman–Crippen MR) is 85.7 cm³/mol. The van der Waals surface area contributed by atoms with E-state index in [9.17, 15) is 0 Å². The lowest BCUT2D eigenvalue weighted by Crippen LogP contribution is -1.87. The Kier molecular flexibility index (Phi) is 22.9. The molecule has 0 aliphatic rings. The lowest BCUT2D eigenvalue weighted by molar-refractivity contribution is 0.504. The third-order valence-electron chi connectivity index (χ3n) is 3.39. The molecule has 0 amide bonds. The molecule has 0 radical (unpaired) electrons. The first-order valence-corrected chi connectivity index (χ1v) is 8.92. The zero-order valence-corrected chi connectivity index (χ0v) is 14.3. The van der Waals surface area contributed by atoms with Gasteiger partial charge in [0.05, 0.1) is 0 Å². The average molecular weight is 290 g/mol. The van der Waals surface area contributed by atoms with Crippen LogP contribution in [0.2, 0.25) is 0 Å². The number of hydrogen-bond donors (Lipinski definition) is 1. The quantitative estimate of drug-likeness (QED) is 0.328. The van der Waals surface area contributed by atoms with E-state index in [4.69, 9.17) is 9.46 Å². The first-order chi connectivity index (χ1) is 9.18. The molecule has 2 nitrogen and oxygen atoms in total. The minimum absolute atomic E-state index is 0.833. The molecule has 0 rings (SSSR count). The Morgan fingerprint density at radius 2 is 1.11 bits per heavy atom. The van der Waals surface area contributed by atoms with Crippen molar-refractivity contribution in [3.63, 3.8) is 0 Å². The number of rotatable bonds is 12. The fraction of sp³-hybridized carbons (Fsp3) is 1.00. The summed E-state index contributed by atoms with van der Waals surface area (Å²) in [5.41, 5.74) is 0. The molecule has 0 saturated carbocycles. The Morgan fingerprint density at radius 1 is 0.789 bits per heavy atom. The minimum Gasteiger partial charge on any atom is -0.310 e. The molecular weight excluding hydrogens is 255 g/mol. The molecule has 0 spiro atoms. The van der Waals surface area contributed by atoms with Gasteiger partial charge in [0.15, 0.2) is 0 Å². The monoisotopic (exact) mass is 290 g/mol. The van der Waals surface area contributed by atoms with E-state index in [0.29, 0.717) is 0 Å². The molecule has 0 atom stereocenters. The summed E-state index contributed by atoms with van der Waals surface area (Å²) in [6.45, 7) is 6.95. The second-order valence-electron chi connectivity index (χ2n) is 5.80. The summed E-state index contributed by atoms with van der Waals surface area (Å²) in [6, 6.07) is 0. The van der Waals surface area contributed by atoms with Gasteiger partial charge in [0.25, 0.3) is 0 Å². The van der Waals surface area contributed by atoms with Gasteiger partial charge in [-0.15, -0.1) is 0 Å². The van der Waals surface area contributed by atoms with Crippen molar-refractivity contribution in [2.24, 2.45) is 5.92 Å². The molecule has 0 saturated heterocycles. The van der Waals surface area contributed by atoms with E-state index < -0.39 is 8.69 Å². The van der Waals surface area contributed by atoms with Crippen LogP contribution in [0.3, 0.4) is 0 Å². The second kappa shape index (κ2) is 20.4. The maximum absolute atomic E-state index is 8.46. The normalized spacial score (nSPS) is 10.6. The Hall–Kier alpha value is 0.0600. The van der Waals surface area contributed by atoms with E-state index in [1.54, 1.807) is 0 Å². The first-order valence-electron chi connectivity index (χ1n) is 8.15. The molecule has 0 heterocycles. The molecule has 1 N–H and O–H groups in total. The highest BCUT2D eigenvalue weighted by Gasteiger charge is 1.95. The largest absolute Gasteiger partial charge is 0.324 e. The van der Waals surface area contributed by atoms with Crippen molar-refractivity contribution in [3.8, 4) is 0 Å². The summed E-state index contributed by atoms with van der Waals surface area (Å²) >= 11 is 0. The standard InChI is InChI=1S/C16H34.HO2P/c1-4-5-6-7-8-9-10-11-12-13-14-15-16(2)3;1-3-2/h16H,4-15H2,1-3H3;(H,1,2). The molecule has 0 bridgehead atoms. The van der Waals surface area contributed by atoms with Gasteiger partial charge in [-0.2, -0.15) is 0 Å². The van der Waals surface area contributed by atoms with Crippen molar-refractivity contribution in [2.45, 2.75) is 97.8 Å². The van der Waals surface area contributed by atoms with Crippen LogP contribution in [0.25, 0.3) is 0 Å². The van der Waals surface area contributed by atoms with Gasteiger partial charge >= 0.3 is 8.69 Å². The number of hydrogen-bond acceptors (Lipinski definition) is 1. The molecule has 0 unspecified atom stereocenters. The lowest BCUT2D eigenvalue weighted by atomic mass is 10.0. The molecule has 3 heteroatoms. The van der Waals surface area contributed by atoms with Crippen LogP contribution in [0.4, 0.5) is 0 Å². The van der Waals surface area contributed by atoms with Gasteiger partial charge in [-0.1, -0.05) is 97.8 Å². The third-order valence-corrected chi connectivity index (χ3v) is 3.39. The van der Waals surface area contributed by atoms with Gasteiger partial charge in [-0.25, -0.2) is 4.57 Å². The Balaban J connectivity index is 0. The van der Waals surface area contributed by atoms with E-state index in [0.717, 1.165) is 5.92 Å². The zero-order valence-electron chi connectivity index (χ0n) is 13.4. The summed E-state index contributed by atoms with van der Waals surface area (Å²) in [6.07, 6.45) is 17.5. The van der Waals surface area contributed by atoms with Crippen molar-refractivity contribution >= 4 is 8.69 Å². The molecule has 0 aliphatic carbocycles. The molecule has 0 fully saturated rings. The predicted octanol–water partition coefficient (Wildman–Crippen LogP) is 6.53. The molecule has 0 aromatic rings. The summed E-state index contributed by atoms with van der Waals surface area (Å²) in [7, 11) is -0.833. The van der Waals surface area contributed by atoms with E-state index >= 15 is 0 Å². The highest BCUT2D eigenvalue weighted by molar-refractivity contribution is 7.16. The van der Waals surface area contributed by atoms with Gasteiger partial charge in [0.2, 0.25) is 0 Å². The lowest BCUT2D eigenvalue weighted by Gasteiger charge is -2.04. The molecular formula is C16H35O2P. The smallest absolute Gasteiger partial charge is 0.310 e. The molecule has 0 aliphatic heterocycles. The van der Waals surface area contributed by atoms with Crippen LogP contribution < -0.4 is 0 Å². The fourth-order valence-corrected chi connectivity index (χ4v) is 2.22. The molecule has 19 heavy (non-hydrogen) atoms. The Bertz CT molecular complexity index is 161. The van der Waals surface area contributed by atoms with Gasteiger partial charge < -0.3 is 4.89 Å². The second-order valence-corrected chi connectivity index (χ2v) is 5.96. The van der Waals surface area contributed by atoms with E-state index in [-0.39, 0.29) is 0 Å². The van der Waals surface area contributed by atoms with Crippen molar-refractivity contribution in [1.29, 1.82) is 0 Å². The van der Waals surface area contributed by atoms with Gasteiger partial charge in [0.1, 0.15) is 0 Å². The van der Waals surface area contributed by atoms with Crippen molar-refractivity contribution in [1.82, 2.24) is 0 Å². The summed E-state index contributed by atoms with van der Waals surface area (Å²) in [4.78, 5) is 6.99. The van der Waals surface area contributed by atoms with Crippen LogP contribution in [-0.4, -0.2) is 4.89 Å². The van der Waals surface area contributed by atoms with Gasteiger partial charge in [-0.3, -0.25) is 0 Å². The summed E-state index contributed by atoms with van der Waals surface area (Å²) in [5.74, 6) is 0.901. The maximum Gasteiger partial charge on any atom is 0.324 e. The van der Waals surface area contributed by atoms with Gasteiger partial charge in [-0.05, 0) is 5.92 Å². The molecule has 0 aromatic carbocycles. The average Bonchev–Trinajstić information content (AvgIpc) is 2.36.